The van der Waals surface area contributed by atoms with Gasteiger partial charge in [-0.15, -0.1) is 0 Å². The summed E-state index contributed by atoms with van der Waals surface area (Å²) in [5.74, 6) is 0.618. The molecular formula is C8H11BrN2O. The largest absolute Gasteiger partial charge is 0.481 e. The zero-order valence-corrected chi connectivity index (χ0v) is 8.47. The summed E-state index contributed by atoms with van der Waals surface area (Å²) >= 11 is 3.36. The van der Waals surface area contributed by atoms with E-state index in [1.165, 1.54) is 0 Å². The molecular weight excluding hydrogens is 220 g/mol. The van der Waals surface area contributed by atoms with Crippen LogP contribution in [0.1, 0.15) is 5.69 Å². The van der Waals surface area contributed by atoms with Crippen molar-refractivity contribution in [1.29, 1.82) is 0 Å². The van der Waals surface area contributed by atoms with Crippen LogP contribution in [-0.4, -0.2) is 18.6 Å². The Balaban J connectivity index is 2.90. The lowest BCUT2D eigenvalue weighted by Crippen LogP contribution is -2.04. The summed E-state index contributed by atoms with van der Waals surface area (Å²) in [6, 6.07) is 3.76. The van der Waals surface area contributed by atoms with E-state index in [1.54, 1.807) is 7.11 Å². The lowest BCUT2D eigenvalue weighted by atomic mass is 10.3. The van der Waals surface area contributed by atoms with Crippen LogP contribution >= 0.6 is 15.9 Å². The Morgan fingerprint density at radius 1 is 1.58 bits per heavy atom. The maximum atomic E-state index is 5.41. The molecule has 0 unspecified atom stereocenters. The third kappa shape index (κ3) is 2.46. The van der Waals surface area contributed by atoms with Crippen molar-refractivity contribution in [3.8, 4) is 5.88 Å². The van der Waals surface area contributed by atoms with Gasteiger partial charge in [-0.2, -0.15) is 0 Å². The molecule has 0 aliphatic rings. The van der Waals surface area contributed by atoms with E-state index in [2.05, 4.69) is 20.9 Å². The summed E-state index contributed by atoms with van der Waals surface area (Å²) in [5.41, 5.74) is 6.35. The van der Waals surface area contributed by atoms with Crippen LogP contribution in [0, 0.1) is 0 Å². The van der Waals surface area contributed by atoms with Crippen molar-refractivity contribution in [3.63, 3.8) is 0 Å². The van der Waals surface area contributed by atoms with Gasteiger partial charge in [-0.25, -0.2) is 4.98 Å². The molecule has 0 aliphatic carbocycles. The minimum absolute atomic E-state index is 0.604. The molecule has 1 aromatic rings. The van der Waals surface area contributed by atoms with Crippen LogP contribution in [0.3, 0.4) is 0 Å². The summed E-state index contributed by atoms with van der Waals surface area (Å²) in [6.07, 6.45) is 0.774. The molecule has 1 rings (SSSR count). The smallest absolute Gasteiger partial charge is 0.214 e. The van der Waals surface area contributed by atoms with Crippen LogP contribution in [-0.2, 0) is 6.42 Å². The van der Waals surface area contributed by atoms with Crippen molar-refractivity contribution in [3.05, 3.63) is 22.3 Å². The second kappa shape index (κ2) is 4.42. The molecule has 12 heavy (non-hydrogen) atoms. The third-order valence-corrected chi connectivity index (χ3v) is 1.89. The fourth-order valence-electron chi connectivity index (χ4n) is 0.905. The Kier molecular flexibility index (Phi) is 3.49. The molecule has 0 saturated carbocycles. The first-order valence-electron chi connectivity index (χ1n) is 3.67. The van der Waals surface area contributed by atoms with Crippen LogP contribution in [0.5, 0.6) is 5.88 Å². The molecule has 0 amide bonds. The number of pyridine rings is 1. The molecule has 0 atom stereocenters. The van der Waals surface area contributed by atoms with Crippen molar-refractivity contribution in [1.82, 2.24) is 4.98 Å². The predicted molar refractivity (Wildman–Crippen MR) is 51.2 cm³/mol. The number of rotatable bonds is 3. The summed E-state index contributed by atoms with van der Waals surface area (Å²) in [6.45, 7) is 0.604. The Morgan fingerprint density at radius 3 is 2.92 bits per heavy atom. The zero-order valence-electron chi connectivity index (χ0n) is 6.88. The number of halogens is 1. The maximum Gasteiger partial charge on any atom is 0.214 e. The van der Waals surface area contributed by atoms with Gasteiger partial charge in [-0.1, -0.05) is 15.9 Å². The average Bonchev–Trinajstić information content (AvgIpc) is 2.04. The number of hydrogen-bond donors (Lipinski definition) is 1. The highest BCUT2D eigenvalue weighted by atomic mass is 79.9. The van der Waals surface area contributed by atoms with E-state index in [9.17, 15) is 0 Å². The maximum absolute atomic E-state index is 5.41. The van der Waals surface area contributed by atoms with E-state index in [-0.39, 0.29) is 0 Å². The van der Waals surface area contributed by atoms with Crippen molar-refractivity contribution in [2.24, 2.45) is 5.73 Å². The zero-order chi connectivity index (χ0) is 8.97. The number of methoxy groups -OCH3 is 1. The Labute approximate surface area is 80.1 Å². The van der Waals surface area contributed by atoms with Crippen molar-refractivity contribution < 1.29 is 4.74 Å². The highest BCUT2D eigenvalue weighted by molar-refractivity contribution is 9.10. The summed E-state index contributed by atoms with van der Waals surface area (Å²) < 4.78 is 5.97. The molecule has 66 valence electrons. The highest BCUT2D eigenvalue weighted by Crippen LogP contribution is 2.17. The van der Waals surface area contributed by atoms with Gasteiger partial charge in [-0.3, -0.25) is 0 Å². The van der Waals surface area contributed by atoms with Crippen LogP contribution in [0.2, 0.25) is 0 Å². The SMILES string of the molecule is COc1cc(Br)cc(CCN)n1. The fourth-order valence-corrected chi connectivity index (χ4v) is 1.37. The van der Waals surface area contributed by atoms with Gasteiger partial charge in [0.15, 0.2) is 0 Å². The second-order valence-corrected chi connectivity index (χ2v) is 3.27. The van der Waals surface area contributed by atoms with Gasteiger partial charge in [0, 0.05) is 22.7 Å². The molecule has 0 aromatic carbocycles. The van der Waals surface area contributed by atoms with E-state index >= 15 is 0 Å². The lowest BCUT2D eigenvalue weighted by molar-refractivity contribution is 0.396. The highest BCUT2D eigenvalue weighted by Gasteiger charge is 1.99. The normalized spacial score (nSPS) is 9.92. The monoisotopic (exact) mass is 230 g/mol. The van der Waals surface area contributed by atoms with Gasteiger partial charge in [0.1, 0.15) is 0 Å². The fraction of sp³-hybridized carbons (Fsp3) is 0.375. The van der Waals surface area contributed by atoms with Gasteiger partial charge in [0.05, 0.1) is 7.11 Å². The van der Waals surface area contributed by atoms with Crippen LogP contribution < -0.4 is 10.5 Å². The van der Waals surface area contributed by atoms with Gasteiger partial charge in [-0.05, 0) is 12.6 Å². The van der Waals surface area contributed by atoms with Crippen molar-refractivity contribution >= 4 is 15.9 Å². The van der Waals surface area contributed by atoms with E-state index < -0.39 is 0 Å². The Hall–Kier alpha value is -0.610. The number of nitrogens with zero attached hydrogens (tertiary/aromatic N) is 1. The third-order valence-electron chi connectivity index (χ3n) is 1.43. The molecule has 1 aromatic heterocycles. The van der Waals surface area contributed by atoms with E-state index in [0.29, 0.717) is 12.4 Å². The summed E-state index contributed by atoms with van der Waals surface area (Å²) in [5, 5.41) is 0. The molecule has 3 nitrogen and oxygen atoms in total. The minimum atomic E-state index is 0.604. The number of ether oxygens (including phenoxy) is 1. The molecule has 2 N–H and O–H groups in total. The lowest BCUT2D eigenvalue weighted by Gasteiger charge is -2.02. The first-order chi connectivity index (χ1) is 5.76. The van der Waals surface area contributed by atoms with Gasteiger partial charge < -0.3 is 10.5 Å². The summed E-state index contributed by atoms with van der Waals surface area (Å²) in [4.78, 5) is 4.21. The topological polar surface area (TPSA) is 48.1 Å². The molecule has 0 radical (unpaired) electrons. The first kappa shape index (κ1) is 9.48. The number of aromatic nitrogens is 1. The van der Waals surface area contributed by atoms with Crippen molar-refractivity contribution in [2.75, 3.05) is 13.7 Å². The molecule has 0 aliphatic heterocycles. The molecule has 0 saturated heterocycles. The van der Waals surface area contributed by atoms with Crippen LogP contribution in [0.4, 0.5) is 0 Å². The first-order valence-corrected chi connectivity index (χ1v) is 4.46. The number of hydrogen-bond acceptors (Lipinski definition) is 3. The number of nitrogens with two attached hydrogens (primary N) is 1. The van der Waals surface area contributed by atoms with Gasteiger partial charge in [0.25, 0.3) is 0 Å². The average molecular weight is 231 g/mol. The van der Waals surface area contributed by atoms with Crippen LogP contribution in [0.25, 0.3) is 0 Å². The molecule has 0 spiro atoms. The molecule has 1 heterocycles. The van der Waals surface area contributed by atoms with Gasteiger partial charge >= 0.3 is 0 Å². The van der Waals surface area contributed by atoms with Crippen molar-refractivity contribution in [2.45, 2.75) is 6.42 Å². The van der Waals surface area contributed by atoms with Gasteiger partial charge in [0.2, 0.25) is 5.88 Å². The molecule has 4 heteroatoms. The summed E-state index contributed by atoms with van der Waals surface area (Å²) in [7, 11) is 1.60. The quantitative estimate of drug-likeness (QED) is 0.854. The predicted octanol–water partition coefficient (Wildman–Crippen LogP) is 1.35. The van der Waals surface area contributed by atoms with E-state index in [0.717, 1.165) is 16.6 Å². The standard InChI is InChI=1S/C8H11BrN2O/c1-12-8-5-6(9)4-7(11-8)2-3-10/h4-5H,2-3,10H2,1H3. The Morgan fingerprint density at radius 2 is 2.33 bits per heavy atom. The van der Waals surface area contributed by atoms with Crippen LogP contribution in [0.15, 0.2) is 16.6 Å². The molecule has 0 bridgehead atoms. The molecule has 0 fully saturated rings. The van der Waals surface area contributed by atoms with E-state index in [1.807, 2.05) is 12.1 Å². The van der Waals surface area contributed by atoms with E-state index in [4.69, 9.17) is 10.5 Å². The second-order valence-electron chi connectivity index (χ2n) is 2.36. The Bertz CT molecular complexity index is 265. The minimum Gasteiger partial charge on any atom is -0.481 e.